The molecule has 0 atom stereocenters. The number of nitrogens with zero attached hydrogens (tertiary/aromatic N) is 3. The summed E-state index contributed by atoms with van der Waals surface area (Å²) in [4.78, 5) is 31.7. The van der Waals surface area contributed by atoms with Crippen molar-refractivity contribution in [1.82, 2.24) is 21.3 Å². The van der Waals surface area contributed by atoms with E-state index in [2.05, 4.69) is 36.2 Å². The molecule has 0 rings (SSSR count). The molecule has 120 valence electrons. The van der Waals surface area contributed by atoms with Crippen molar-refractivity contribution in [2.75, 3.05) is 28.2 Å². The van der Waals surface area contributed by atoms with Gasteiger partial charge in [-0.15, -0.1) is 0 Å². The summed E-state index contributed by atoms with van der Waals surface area (Å²) >= 11 is 0. The summed E-state index contributed by atoms with van der Waals surface area (Å²) in [6.45, 7) is 0. The van der Waals surface area contributed by atoms with Gasteiger partial charge in [0.15, 0.2) is 17.9 Å². The normalized spacial score (nSPS) is 11.7. The first kappa shape index (κ1) is 20.3. The van der Waals surface area contributed by atoms with Crippen molar-refractivity contribution in [1.29, 1.82) is 0 Å². The lowest BCUT2D eigenvalue weighted by Gasteiger charge is -2.04. The van der Waals surface area contributed by atoms with Crippen molar-refractivity contribution in [3.63, 3.8) is 0 Å². The lowest BCUT2D eigenvalue weighted by molar-refractivity contribution is 0.247. The Hall–Kier alpha value is -3.05. The lowest BCUT2D eigenvalue weighted by atomic mass is 10.8. The Labute approximate surface area is 122 Å². The fourth-order valence-corrected chi connectivity index (χ4v) is 0.610. The second-order valence-electron chi connectivity index (χ2n) is 3.11. The molecule has 12 heteroatoms. The average Bonchev–Trinajstić information content (AvgIpc) is 2.46. The number of carbonyl (C=O) groups excluding carboxylic acids is 2. The molecule has 10 N–H and O–H groups in total. The smallest absolute Gasteiger partial charge is 0.328 e. The molecule has 0 radical (unpaired) electrons. The molecule has 0 aliphatic heterocycles. The Morgan fingerprint density at radius 2 is 1.00 bits per heavy atom. The molecule has 0 spiro atoms. The zero-order valence-corrected chi connectivity index (χ0v) is 12.4. The molecule has 0 aliphatic rings. The molecule has 21 heavy (non-hydrogen) atoms. The molecular formula is C9H22N10O2. The van der Waals surface area contributed by atoms with Gasteiger partial charge in [0.2, 0.25) is 0 Å². The Morgan fingerprint density at radius 1 is 0.714 bits per heavy atom. The van der Waals surface area contributed by atoms with Crippen LogP contribution in [0.3, 0.4) is 0 Å². The second-order valence-corrected chi connectivity index (χ2v) is 3.11. The number of carbonyl (C=O) groups is 2. The highest BCUT2D eigenvalue weighted by molar-refractivity contribution is 6.02. The van der Waals surface area contributed by atoms with E-state index in [0.717, 1.165) is 0 Å². The zero-order chi connectivity index (χ0) is 16.8. The van der Waals surface area contributed by atoms with Gasteiger partial charge in [-0.2, -0.15) is 0 Å². The van der Waals surface area contributed by atoms with Gasteiger partial charge in [-0.25, -0.2) is 9.59 Å². The van der Waals surface area contributed by atoms with Gasteiger partial charge >= 0.3 is 12.1 Å². The maximum Gasteiger partial charge on any atom is 0.328 e. The van der Waals surface area contributed by atoms with E-state index in [9.17, 15) is 9.59 Å². The first-order valence-corrected chi connectivity index (χ1v) is 5.54. The van der Waals surface area contributed by atoms with E-state index in [0.29, 0.717) is 0 Å². The van der Waals surface area contributed by atoms with Crippen molar-refractivity contribution in [3.05, 3.63) is 0 Å². The maximum absolute atomic E-state index is 10.8. The molecule has 0 saturated carbocycles. The number of hydrogen-bond acceptors (Lipinski definition) is 5. The molecule has 0 aromatic heterocycles. The quantitative estimate of drug-likeness (QED) is 0.185. The van der Waals surface area contributed by atoms with Crippen LogP contribution in [-0.2, 0) is 0 Å². The Kier molecular flexibility index (Phi) is 11.6. The highest BCUT2D eigenvalue weighted by Crippen LogP contribution is 1.65. The standard InChI is InChI=1S/C5H12N6O.C4H10N4O/c1-8-3(6)10-5(12)11-4(7)9-2;1-6-3(5)8-4(9)7-2/h1-2H3,(H6,6,7,8,9,10,11,12);1-2H3,(H4,5,6,7,8,9). The van der Waals surface area contributed by atoms with Gasteiger partial charge in [-0.05, 0) is 0 Å². The predicted molar refractivity (Wildman–Crippen MR) is 81.9 cm³/mol. The highest BCUT2D eigenvalue weighted by Gasteiger charge is 2.01. The highest BCUT2D eigenvalue weighted by atomic mass is 16.2. The Morgan fingerprint density at radius 3 is 1.24 bits per heavy atom. The minimum Gasteiger partial charge on any atom is -0.370 e. The first-order chi connectivity index (χ1) is 9.80. The third-order valence-electron chi connectivity index (χ3n) is 1.67. The van der Waals surface area contributed by atoms with Crippen LogP contribution in [0.2, 0.25) is 0 Å². The van der Waals surface area contributed by atoms with Crippen molar-refractivity contribution in [3.8, 4) is 0 Å². The summed E-state index contributed by atoms with van der Waals surface area (Å²) in [5.74, 6) is 0.127. The van der Waals surface area contributed by atoms with Crippen molar-refractivity contribution in [2.24, 2.45) is 32.2 Å². The molecule has 0 saturated heterocycles. The van der Waals surface area contributed by atoms with Gasteiger partial charge in [0, 0.05) is 28.2 Å². The average molecular weight is 302 g/mol. The van der Waals surface area contributed by atoms with Crippen LogP contribution in [0.1, 0.15) is 0 Å². The minimum atomic E-state index is -0.568. The fraction of sp³-hybridized carbons (Fsp3) is 0.444. The third-order valence-corrected chi connectivity index (χ3v) is 1.67. The van der Waals surface area contributed by atoms with E-state index >= 15 is 0 Å². The monoisotopic (exact) mass is 302 g/mol. The van der Waals surface area contributed by atoms with E-state index in [-0.39, 0.29) is 23.9 Å². The van der Waals surface area contributed by atoms with E-state index in [1.54, 1.807) is 0 Å². The molecule has 0 aromatic rings. The summed E-state index contributed by atoms with van der Waals surface area (Å²) in [6.07, 6.45) is 0. The van der Waals surface area contributed by atoms with E-state index in [4.69, 9.17) is 17.2 Å². The van der Waals surface area contributed by atoms with Crippen molar-refractivity contribution >= 4 is 29.9 Å². The third kappa shape index (κ3) is 13.2. The fourth-order valence-electron chi connectivity index (χ4n) is 0.610. The van der Waals surface area contributed by atoms with Crippen LogP contribution in [0.4, 0.5) is 9.59 Å². The van der Waals surface area contributed by atoms with Gasteiger partial charge in [-0.3, -0.25) is 30.9 Å². The number of nitrogens with two attached hydrogens (primary N) is 3. The lowest BCUT2D eigenvalue weighted by Crippen LogP contribution is -2.47. The van der Waals surface area contributed by atoms with Gasteiger partial charge < -0.3 is 22.5 Å². The van der Waals surface area contributed by atoms with Crippen molar-refractivity contribution < 1.29 is 9.59 Å². The minimum absolute atomic E-state index is 0.0106. The summed E-state index contributed by atoms with van der Waals surface area (Å²) in [5.41, 5.74) is 15.5. The summed E-state index contributed by atoms with van der Waals surface area (Å²) in [6, 6.07) is -0.931. The van der Waals surface area contributed by atoms with E-state index in [1.165, 1.54) is 28.2 Å². The SMILES string of the molecule is CN=C(N)NC(=O)NC.CN=C(N)NC(=O)NC(N)=NC. The van der Waals surface area contributed by atoms with Crippen LogP contribution in [0.5, 0.6) is 0 Å². The van der Waals surface area contributed by atoms with E-state index < -0.39 is 6.03 Å². The number of nitrogens with one attached hydrogen (secondary N) is 4. The van der Waals surface area contributed by atoms with E-state index in [1.807, 2.05) is 0 Å². The van der Waals surface area contributed by atoms with Crippen molar-refractivity contribution in [2.45, 2.75) is 0 Å². The van der Waals surface area contributed by atoms with Crippen LogP contribution >= 0.6 is 0 Å². The van der Waals surface area contributed by atoms with Gasteiger partial charge in [0.1, 0.15) is 0 Å². The van der Waals surface area contributed by atoms with Crippen LogP contribution in [0.25, 0.3) is 0 Å². The molecule has 0 bridgehead atoms. The second kappa shape index (κ2) is 12.0. The van der Waals surface area contributed by atoms with Crippen LogP contribution < -0.4 is 38.5 Å². The van der Waals surface area contributed by atoms with Gasteiger partial charge in [0.25, 0.3) is 0 Å². The Bertz CT molecular complexity index is 406. The molecule has 12 nitrogen and oxygen atoms in total. The summed E-state index contributed by atoms with van der Waals surface area (Å²) in [5, 5.41) is 9.00. The van der Waals surface area contributed by atoms with Crippen LogP contribution in [0.15, 0.2) is 15.0 Å². The topological polar surface area (TPSA) is 197 Å². The molecule has 0 aromatic carbocycles. The first-order valence-electron chi connectivity index (χ1n) is 5.54. The molecule has 0 aliphatic carbocycles. The zero-order valence-electron chi connectivity index (χ0n) is 12.4. The maximum atomic E-state index is 10.8. The molecule has 0 unspecified atom stereocenters. The van der Waals surface area contributed by atoms with Crippen LogP contribution in [-0.4, -0.2) is 58.1 Å². The largest absolute Gasteiger partial charge is 0.370 e. The molecular weight excluding hydrogens is 280 g/mol. The number of rotatable bonds is 0. The predicted octanol–water partition coefficient (Wildman–Crippen LogP) is -2.97. The number of hydrogen-bond donors (Lipinski definition) is 7. The van der Waals surface area contributed by atoms with Gasteiger partial charge in [0.05, 0.1) is 0 Å². The molecule has 0 heterocycles. The summed E-state index contributed by atoms with van der Waals surface area (Å²) in [7, 11) is 5.89. The number of guanidine groups is 3. The van der Waals surface area contributed by atoms with Gasteiger partial charge in [-0.1, -0.05) is 0 Å². The number of amides is 4. The number of aliphatic imine (C=N–C) groups is 3. The van der Waals surface area contributed by atoms with Crippen LogP contribution in [0, 0.1) is 0 Å². The molecule has 0 fully saturated rings. The number of urea groups is 2. The summed E-state index contributed by atoms with van der Waals surface area (Å²) < 4.78 is 0. The Balaban J connectivity index is 0. The molecule has 4 amide bonds.